The van der Waals surface area contributed by atoms with Crippen LogP contribution in [0, 0.1) is 5.82 Å². The van der Waals surface area contributed by atoms with E-state index in [4.69, 9.17) is 9.47 Å². The molecule has 1 aromatic carbocycles. The average molecular weight is 564 g/mol. The van der Waals surface area contributed by atoms with Crippen molar-refractivity contribution in [3.8, 4) is 5.75 Å². The maximum Gasteiger partial charge on any atom is 0.407 e. The first-order chi connectivity index (χ1) is 14.7. The predicted molar refractivity (Wildman–Crippen MR) is 136 cm³/mol. The number of ether oxygens (including phenoxy) is 2. The molecule has 0 aliphatic heterocycles. The van der Waals surface area contributed by atoms with Crippen molar-refractivity contribution in [3.63, 3.8) is 0 Å². The van der Waals surface area contributed by atoms with Gasteiger partial charge < -0.3 is 25.4 Å². The van der Waals surface area contributed by atoms with Crippen molar-refractivity contribution < 1.29 is 18.7 Å². The number of carbonyl (C=O) groups excluding carboxylic acids is 1. The number of benzene rings is 1. The molecule has 182 valence electrons. The molecule has 0 spiro atoms. The van der Waals surface area contributed by atoms with Crippen LogP contribution in [0.5, 0.6) is 5.75 Å². The quantitative estimate of drug-likeness (QED) is 0.253. The van der Waals surface area contributed by atoms with E-state index in [1.54, 1.807) is 6.07 Å². The van der Waals surface area contributed by atoms with Gasteiger partial charge in [-0.2, -0.15) is 0 Å². The van der Waals surface area contributed by atoms with Crippen molar-refractivity contribution in [2.45, 2.75) is 84.5 Å². The molecular weight excluding hydrogens is 526 g/mol. The molecule has 1 amide bonds. The van der Waals surface area contributed by atoms with Crippen LogP contribution in [0.25, 0.3) is 0 Å². The molecule has 3 N–H and O–H groups in total. The lowest BCUT2D eigenvalue weighted by atomic mass is 9.91. The summed E-state index contributed by atoms with van der Waals surface area (Å²) in [6, 6.07) is 5.33. The summed E-state index contributed by atoms with van der Waals surface area (Å²) in [5.74, 6) is 0.598. The second-order valence-electron chi connectivity index (χ2n) is 8.73. The van der Waals surface area contributed by atoms with E-state index >= 15 is 0 Å². The highest BCUT2D eigenvalue weighted by molar-refractivity contribution is 14.0. The van der Waals surface area contributed by atoms with Crippen molar-refractivity contribution in [1.29, 1.82) is 0 Å². The van der Waals surface area contributed by atoms with Crippen LogP contribution < -0.4 is 20.7 Å². The van der Waals surface area contributed by atoms with Gasteiger partial charge in [-0.05, 0) is 78.0 Å². The Bertz CT molecular complexity index is 747. The van der Waals surface area contributed by atoms with E-state index in [1.165, 1.54) is 6.07 Å². The molecule has 1 saturated carbocycles. The molecule has 32 heavy (non-hydrogen) atoms. The van der Waals surface area contributed by atoms with Crippen molar-refractivity contribution in [1.82, 2.24) is 16.0 Å². The van der Waals surface area contributed by atoms with Gasteiger partial charge in [-0.25, -0.2) is 14.2 Å². The zero-order valence-corrected chi connectivity index (χ0v) is 22.1. The Labute approximate surface area is 208 Å². The summed E-state index contributed by atoms with van der Waals surface area (Å²) in [5, 5.41) is 9.67. The number of carbonyl (C=O) groups is 1. The van der Waals surface area contributed by atoms with Gasteiger partial charge in [0.1, 0.15) is 5.60 Å². The second-order valence-corrected chi connectivity index (χ2v) is 8.73. The van der Waals surface area contributed by atoms with Gasteiger partial charge in [-0.15, -0.1) is 24.0 Å². The Hall–Kier alpha value is -1.78. The highest BCUT2D eigenvalue weighted by Gasteiger charge is 2.25. The summed E-state index contributed by atoms with van der Waals surface area (Å²) in [4.78, 5) is 16.6. The first-order valence-corrected chi connectivity index (χ1v) is 11.2. The van der Waals surface area contributed by atoms with E-state index in [-0.39, 0.29) is 53.7 Å². The van der Waals surface area contributed by atoms with Crippen molar-refractivity contribution >= 4 is 36.0 Å². The summed E-state index contributed by atoms with van der Waals surface area (Å²) in [6.07, 6.45) is 3.23. The summed E-state index contributed by atoms with van der Waals surface area (Å²) >= 11 is 0. The van der Waals surface area contributed by atoms with Crippen LogP contribution in [0.15, 0.2) is 23.2 Å². The van der Waals surface area contributed by atoms with E-state index in [0.717, 1.165) is 37.8 Å². The van der Waals surface area contributed by atoms with Crippen LogP contribution in [0.2, 0.25) is 0 Å². The SMILES string of the molecule is CCNC(=NCc1ccc(OCC)c(F)c1)NC1CCC(NC(=O)OC(C)(C)C)CC1.I. The molecule has 0 unspecified atom stereocenters. The molecule has 2 rings (SSSR count). The lowest BCUT2D eigenvalue weighted by Gasteiger charge is -2.31. The number of guanidine groups is 1. The highest BCUT2D eigenvalue weighted by Crippen LogP contribution is 2.20. The number of hydrogen-bond donors (Lipinski definition) is 3. The molecule has 1 aliphatic rings. The summed E-state index contributed by atoms with van der Waals surface area (Å²) < 4.78 is 24.6. The number of hydrogen-bond acceptors (Lipinski definition) is 4. The minimum atomic E-state index is -0.494. The number of nitrogens with one attached hydrogen (secondary N) is 3. The van der Waals surface area contributed by atoms with Crippen LogP contribution in [0.3, 0.4) is 0 Å². The molecule has 9 heteroatoms. The normalized spacial score (nSPS) is 18.9. The molecule has 0 atom stereocenters. The van der Waals surface area contributed by atoms with E-state index in [0.29, 0.717) is 19.1 Å². The Kier molecular flexibility index (Phi) is 12.1. The van der Waals surface area contributed by atoms with Gasteiger partial charge in [0.2, 0.25) is 0 Å². The van der Waals surface area contributed by atoms with Gasteiger partial charge in [-0.1, -0.05) is 6.07 Å². The van der Waals surface area contributed by atoms with Crippen molar-refractivity contribution in [2.24, 2.45) is 4.99 Å². The molecule has 1 fully saturated rings. The first kappa shape index (κ1) is 28.3. The lowest BCUT2D eigenvalue weighted by molar-refractivity contribution is 0.0490. The minimum absolute atomic E-state index is 0. The Morgan fingerprint density at radius 2 is 1.75 bits per heavy atom. The van der Waals surface area contributed by atoms with Gasteiger partial charge in [0.05, 0.1) is 13.2 Å². The Morgan fingerprint density at radius 3 is 2.28 bits per heavy atom. The van der Waals surface area contributed by atoms with Crippen molar-refractivity contribution in [3.05, 3.63) is 29.6 Å². The molecule has 7 nitrogen and oxygen atoms in total. The summed E-state index contributed by atoms with van der Waals surface area (Å²) in [6.45, 7) is 10.9. The number of rotatable bonds is 7. The van der Waals surface area contributed by atoms with Gasteiger partial charge in [-0.3, -0.25) is 0 Å². The lowest BCUT2D eigenvalue weighted by Crippen LogP contribution is -2.48. The number of aliphatic imine (C=N–C) groups is 1. The van der Waals surface area contributed by atoms with E-state index in [2.05, 4.69) is 20.9 Å². The van der Waals surface area contributed by atoms with Crippen molar-refractivity contribution in [2.75, 3.05) is 13.2 Å². The van der Waals surface area contributed by atoms with Gasteiger partial charge >= 0.3 is 6.09 Å². The van der Waals surface area contributed by atoms with E-state index in [9.17, 15) is 9.18 Å². The molecule has 0 bridgehead atoms. The number of halogens is 2. The number of amides is 1. The smallest absolute Gasteiger partial charge is 0.407 e. The van der Waals surface area contributed by atoms with Crippen LogP contribution in [-0.2, 0) is 11.3 Å². The maximum atomic E-state index is 14.1. The van der Waals surface area contributed by atoms with Gasteiger partial charge in [0.15, 0.2) is 17.5 Å². The summed E-state index contributed by atoms with van der Waals surface area (Å²) in [7, 11) is 0. The van der Waals surface area contributed by atoms with E-state index in [1.807, 2.05) is 40.7 Å². The molecule has 0 heterocycles. The van der Waals surface area contributed by atoms with Crippen LogP contribution in [0.1, 0.15) is 65.9 Å². The average Bonchev–Trinajstić information content (AvgIpc) is 2.68. The van der Waals surface area contributed by atoms with Gasteiger partial charge in [0.25, 0.3) is 0 Å². The van der Waals surface area contributed by atoms with Gasteiger partial charge in [0, 0.05) is 18.6 Å². The fraction of sp³-hybridized carbons (Fsp3) is 0.652. The Balaban J connectivity index is 0.00000512. The fourth-order valence-electron chi connectivity index (χ4n) is 3.46. The van der Waals surface area contributed by atoms with Crippen LogP contribution in [-0.4, -0.2) is 42.9 Å². The largest absolute Gasteiger partial charge is 0.491 e. The third kappa shape index (κ3) is 10.2. The Morgan fingerprint density at radius 1 is 1.12 bits per heavy atom. The monoisotopic (exact) mass is 564 g/mol. The fourth-order valence-corrected chi connectivity index (χ4v) is 3.46. The molecule has 1 aliphatic carbocycles. The second kappa shape index (κ2) is 13.7. The molecule has 0 saturated heterocycles. The maximum absolute atomic E-state index is 14.1. The third-order valence-electron chi connectivity index (χ3n) is 4.85. The first-order valence-electron chi connectivity index (χ1n) is 11.2. The highest BCUT2D eigenvalue weighted by atomic mass is 127. The zero-order valence-electron chi connectivity index (χ0n) is 19.8. The number of alkyl carbamates (subject to hydrolysis) is 1. The number of nitrogens with zero attached hydrogens (tertiary/aromatic N) is 1. The zero-order chi connectivity index (χ0) is 22.9. The van der Waals surface area contributed by atoms with Crippen LogP contribution >= 0.6 is 24.0 Å². The molecular formula is C23H38FIN4O3. The molecule has 0 radical (unpaired) electrons. The minimum Gasteiger partial charge on any atom is -0.491 e. The van der Waals surface area contributed by atoms with Crippen LogP contribution in [0.4, 0.5) is 9.18 Å². The third-order valence-corrected chi connectivity index (χ3v) is 4.85. The van der Waals surface area contributed by atoms with E-state index < -0.39 is 5.60 Å². The predicted octanol–water partition coefficient (Wildman–Crippen LogP) is 4.73. The molecule has 0 aromatic heterocycles. The topological polar surface area (TPSA) is 84.0 Å². The summed E-state index contributed by atoms with van der Waals surface area (Å²) in [5.41, 5.74) is 0.287. The standard InChI is InChI=1S/C23H37FN4O3.HI/c1-6-25-21(26-15-16-8-13-20(30-7-2)19(24)14-16)27-17-9-11-18(12-10-17)28-22(29)31-23(3,4)5;/h8,13-14,17-18H,6-7,9-12,15H2,1-5H3,(H,28,29)(H2,25,26,27);1H. The molecule has 1 aromatic rings.